The third-order valence-corrected chi connectivity index (χ3v) is 6.47. The topological polar surface area (TPSA) is 40.6 Å². The molecule has 1 fully saturated rings. The Labute approximate surface area is 164 Å². The van der Waals surface area contributed by atoms with Crippen molar-refractivity contribution < 1.29 is 9.59 Å². The summed E-state index contributed by atoms with van der Waals surface area (Å²) < 4.78 is 0. The lowest BCUT2D eigenvalue weighted by molar-refractivity contribution is -0.132. The van der Waals surface area contributed by atoms with Crippen molar-refractivity contribution in [2.45, 2.75) is 24.4 Å². The first-order valence-electron chi connectivity index (χ1n) is 9.63. The van der Waals surface area contributed by atoms with Crippen molar-refractivity contribution in [2.24, 2.45) is 5.92 Å². The molecule has 4 heteroatoms. The van der Waals surface area contributed by atoms with Gasteiger partial charge in [0.2, 0.25) is 11.8 Å². The summed E-state index contributed by atoms with van der Waals surface area (Å²) in [7, 11) is 1.83. The van der Waals surface area contributed by atoms with Gasteiger partial charge in [-0.25, -0.2) is 0 Å². The van der Waals surface area contributed by atoms with Crippen LogP contribution < -0.4 is 4.90 Å². The third-order valence-electron chi connectivity index (χ3n) is 6.47. The van der Waals surface area contributed by atoms with Crippen molar-refractivity contribution in [3.05, 3.63) is 90.0 Å². The van der Waals surface area contributed by atoms with E-state index in [4.69, 9.17) is 0 Å². The molecule has 3 atom stereocenters. The summed E-state index contributed by atoms with van der Waals surface area (Å²) in [5, 5.41) is 0. The van der Waals surface area contributed by atoms with Gasteiger partial charge in [0.25, 0.3) is 0 Å². The van der Waals surface area contributed by atoms with E-state index in [1.807, 2.05) is 78.7 Å². The number of likely N-dealkylation sites (tertiary alicyclic amines) is 1. The van der Waals surface area contributed by atoms with Crippen LogP contribution in [0.3, 0.4) is 0 Å². The average Bonchev–Trinajstić information content (AvgIpc) is 2.97. The zero-order valence-electron chi connectivity index (χ0n) is 15.8. The normalized spacial score (nSPS) is 28.2. The molecule has 0 radical (unpaired) electrons. The van der Waals surface area contributed by atoms with E-state index in [1.165, 1.54) is 0 Å². The molecule has 28 heavy (non-hydrogen) atoms. The van der Waals surface area contributed by atoms with Gasteiger partial charge in [-0.15, -0.1) is 0 Å². The van der Waals surface area contributed by atoms with Crippen molar-refractivity contribution >= 4 is 17.5 Å². The molecular weight excluding hydrogens is 348 g/mol. The molecule has 1 spiro atoms. The number of benzene rings is 2. The highest BCUT2D eigenvalue weighted by molar-refractivity contribution is 6.09. The Bertz CT molecular complexity index is 1030. The van der Waals surface area contributed by atoms with Crippen LogP contribution in [0.1, 0.15) is 17.5 Å². The Morgan fingerprint density at radius 1 is 1.07 bits per heavy atom. The van der Waals surface area contributed by atoms with Gasteiger partial charge in [0.15, 0.2) is 0 Å². The Kier molecular flexibility index (Phi) is 3.60. The predicted molar refractivity (Wildman–Crippen MR) is 109 cm³/mol. The van der Waals surface area contributed by atoms with E-state index in [0.29, 0.717) is 13.0 Å². The Balaban J connectivity index is 1.59. The number of anilines is 1. The molecule has 0 N–H and O–H groups in total. The number of rotatable bonds is 2. The van der Waals surface area contributed by atoms with E-state index in [0.717, 1.165) is 22.4 Å². The van der Waals surface area contributed by atoms with Gasteiger partial charge >= 0.3 is 0 Å². The van der Waals surface area contributed by atoms with Crippen molar-refractivity contribution in [2.75, 3.05) is 11.9 Å². The van der Waals surface area contributed by atoms with Crippen LogP contribution in [0, 0.1) is 5.92 Å². The summed E-state index contributed by atoms with van der Waals surface area (Å²) in [4.78, 5) is 30.1. The highest BCUT2D eigenvalue weighted by atomic mass is 16.2. The molecule has 1 aliphatic carbocycles. The minimum absolute atomic E-state index is 0.0670. The minimum atomic E-state index is -0.733. The van der Waals surface area contributed by atoms with Crippen LogP contribution in [0.25, 0.3) is 0 Å². The van der Waals surface area contributed by atoms with Gasteiger partial charge in [-0.05, 0) is 29.2 Å². The van der Waals surface area contributed by atoms with Crippen LogP contribution in [0.5, 0.6) is 0 Å². The summed E-state index contributed by atoms with van der Waals surface area (Å²) in [6, 6.07) is 17.8. The second-order valence-electron chi connectivity index (χ2n) is 7.94. The molecule has 2 aromatic rings. The zero-order chi connectivity index (χ0) is 19.5. The standard InChI is InChI=1S/C24H22N2O2/c1-16-18-12-13-24(19-10-6-7-11-20(19)25(2)23(24)28)14-21(16)26(22(18)27)15-17-8-4-3-5-9-17/h3-13,18,21H,1,14-15H2,2H3/t18-,21+,24+/m0/s1. The highest BCUT2D eigenvalue weighted by Gasteiger charge is 2.55. The van der Waals surface area contributed by atoms with E-state index in [9.17, 15) is 9.59 Å². The number of hydrogen-bond donors (Lipinski definition) is 0. The van der Waals surface area contributed by atoms with E-state index in [1.54, 1.807) is 4.90 Å². The first-order chi connectivity index (χ1) is 13.5. The fourth-order valence-electron chi connectivity index (χ4n) is 4.97. The number of nitrogens with zero attached hydrogens (tertiary/aromatic N) is 2. The maximum absolute atomic E-state index is 13.4. The van der Waals surface area contributed by atoms with Gasteiger partial charge in [0.05, 0.1) is 17.4 Å². The number of likely N-dealkylation sites (N-methyl/N-ethyl adjacent to an activating group) is 1. The van der Waals surface area contributed by atoms with Crippen LogP contribution in [0.2, 0.25) is 0 Å². The summed E-state index contributed by atoms with van der Waals surface area (Å²) in [6.07, 6.45) is 4.41. The van der Waals surface area contributed by atoms with Gasteiger partial charge in [0, 0.05) is 19.3 Å². The van der Waals surface area contributed by atoms with Crippen LogP contribution in [-0.2, 0) is 21.5 Å². The number of carbonyl (C=O) groups is 2. The maximum atomic E-state index is 13.4. The Morgan fingerprint density at radius 2 is 1.79 bits per heavy atom. The highest BCUT2D eigenvalue weighted by Crippen LogP contribution is 2.50. The van der Waals surface area contributed by atoms with Crippen molar-refractivity contribution in [3.63, 3.8) is 0 Å². The minimum Gasteiger partial charge on any atom is -0.331 e. The molecule has 4 nitrogen and oxygen atoms in total. The quantitative estimate of drug-likeness (QED) is 0.760. The molecule has 2 bridgehead atoms. The monoisotopic (exact) mass is 370 g/mol. The molecule has 1 saturated heterocycles. The number of hydrogen-bond acceptors (Lipinski definition) is 2. The lowest BCUT2D eigenvalue weighted by Gasteiger charge is -2.33. The summed E-state index contributed by atoms with van der Waals surface area (Å²) in [6.45, 7) is 4.79. The van der Waals surface area contributed by atoms with E-state index in [2.05, 4.69) is 6.58 Å². The summed E-state index contributed by atoms with van der Waals surface area (Å²) in [5.74, 6) is -0.201. The molecule has 3 aliphatic rings. The summed E-state index contributed by atoms with van der Waals surface area (Å²) >= 11 is 0. The van der Waals surface area contributed by atoms with Crippen LogP contribution in [0.15, 0.2) is 78.9 Å². The van der Waals surface area contributed by atoms with Crippen molar-refractivity contribution in [1.82, 2.24) is 4.90 Å². The van der Waals surface area contributed by atoms with E-state index in [-0.39, 0.29) is 23.8 Å². The maximum Gasteiger partial charge on any atom is 0.241 e. The number of carbonyl (C=O) groups excluding carboxylic acids is 2. The Morgan fingerprint density at radius 3 is 2.57 bits per heavy atom. The molecule has 2 heterocycles. The predicted octanol–water partition coefficient (Wildman–Crippen LogP) is 3.44. The Hall–Kier alpha value is -3.14. The second-order valence-corrected chi connectivity index (χ2v) is 7.94. The third kappa shape index (κ3) is 2.18. The van der Waals surface area contributed by atoms with Gasteiger partial charge < -0.3 is 9.80 Å². The SMILES string of the molecule is C=C1[C@@H]2C=C[C@]3(C[C@H]1N(Cc1ccccc1)C2=O)C(=O)N(C)c1ccccc13. The first-order valence-corrected chi connectivity index (χ1v) is 9.63. The van der Waals surface area contributed by atoms with Crippen LogP contribution in [0.4, 0.5) is 5.69 Å². The molecule has 2 amide bonds. The second kappa shape index (κ2) is 5.93. The van der Waals surface area contributed by atoms with Gasteiger partial charge in [-0.3, -0.25) is 9.59 Å². The average molecular weight is 370 g/mol. The fraction of sp³-hybridized carbons (Fsp3) is 0.250. The molecule has 2 aliphatic heterocycles. The smallest absolute Gasteiger partial charge is 0.241 e. The largest absolute Gasteiger partial charge is 0.331 e. The lowest BCUT2D eigenvalue weighted by Crippen LogP contribution is -2.44. The number of amides is 2. The molecule has 5 rings (SSSR count). The van der Waals surface area contributed by atoms with Gasteiger partial charge in [-0.2, -0.15) is 0 Å². The summed E-state index contributed by atoms with van der Waals surface area (Å²) in [5.41, 5.74) is 3.22. The zero-order valence-corrected chi connectivity index (χ0v) is 15.8. The number of fused-ring (bicyclic) bond motifs is 4. The number of para-hydroxylation sites is 1. The first kappa shape index (κ1) is 17.0. The van der Waals surface area contributed by atoms with Crippen LogP contribution >= 0.6 is 0 Å². The van der Waals surface area contributed by atoms with Gasteiger partial charge in [-0.1, -0.05) is 67.3 Å². The molecule has 140 valence electrons. The molecule has 0 saturated carbocycles. The fourth-order valence-corrected chi connectivity index (χ4v) is 4.97. The van der Waals surface area contributed by atoms with E-state index < -0.39 is 5.41 Å². The molecule has 2 aromatic carbocycles. The molecule has 0 aromatic heterocycles. The molecule has 0 unspecified atom stereocenters. The lowest BCUT2D eigenvalue weighted by atomic mass is 9.76. The van der Waals surface area contributed by atoms with Crippen molar-refractivity contribution in [1.29, 1.82) is 0 Å². The van der Waals surface area contributed by atoms with Gasteiger partial charge in [0.1, 0.15) is 0 Å². The van der Waals surface area contributed by atoms with E-state index >= 15 is 0 Å². The van der Waals surface area contributed by atoms with Crippen molar-refractivity contribution in [3.8, 4) is 0 Å². The molecular formula is C24H22N2O2. The van der Waals surface area contributed by atoms with Crippen LogP contribution in [-0.4, -0.2) is 29.8 Å².